The second-order valence-corrected chi connectivity index (χ2v) is 6.00. The van der Waals surface area contributed by atoms with Crippen molar-refractivity contribution in [3.63, 3.8) is 0 Å². The van der Waals surface area contributed by atoms with Gasteiger partial charge in [0.2, 0.25) is 0 Å². The van der Waals surface area contributed by atoms with E-state index in [9.17, 15) is 9.18 Å². The summed E-state index contributed by atoms with van der Waals surface area (Å²) in [7, 11) is 1.73. The highest BCUT2D eigenvalue weighted by molar-refractivity contribution is 6.30. The second kappa shape index (κ2) is 7.47. The summed E-state index contributed by atoms with van der Waals surface area (Å²) in [6.45, 7) is 3.77. The first kappa shape index (κ1) is 17.3. The Morgan fingerprint density at radius 3 is 2.39 bits per heavy atom. The Balaban J connectivity index is 2.03. The molecule has 23 heavy (non-hydrogen) atoms. The quantitative estimate of drug-likeness (QED) is 0.843. The lowest BCUT2D eigenvalue weighted by molar-refractivity contribution is 0.191. The molecule has 0 aliphatic carbocycles. The van der Waals surface area contributed by atoms with Gasteiger partial charge in [-0.05, 0) is 49.2 Å². The zero-order valence-electron chi connectivity index (χ0n) is 13.4. The molecule has 0 aliphatic heterocycles. The normalized spacial score (nSPS) is 13.3. The number of rotatable bonds is 4. The summed E-state index contributed by atoms with van der Waals surface area (Å²) in [4.78, 5) is 14.0. The summed E-state index contributed by atoms with van der Waals surface area (Å²) in [5.41, 5.74) is 1.72. The molecule has 0 aromatic heterocycles. The van der Waals surface area contributed by atoms with Gasteiger partial charge in [-0.3, -0.25) is 0 Å². The van der Waals surface area contributed by atoms with Crippen molar-refractivity contribution in [1.82, 2.24) is 10.2 Å². The molecule has 0 spiro atoms. The van der Waals surface area contributed by atoms with Crippen molar-refractivity contribution in [2.45, 2.75) is 25.9 Å². The van der Waals surface area contributed by atoms with Crippen LogP contribution in [0.2, 0.25) is 5.02 Å². The first-order valence-corrected chi connectivity index (χ1v) is 7.80. The lowest BCUT2D eigenvalue weighted by atomic mass is 10.1. The Kier molecular flexibility index (Phi) is 5.61. The van der Waals surface area contributed by atoms with E-state index in [1.807, 2.05) is 26.0 Å². The summed E-state index contributed by atoms with van der Waals surface area (Å²) in [6, 6.07) is 13.0. The number of benzene rings is 2. The van der Waals surface area contributed by atoms with Crippen LogP contribution in [-0.4, -0.2) is 18.0 Å². The van der Waals surface area contributed by atoms with E-state index in [1.165, 1.54) is 12.1 Å². The lowest BCUT2D eigenvalue weighted by Crippen LogP contribution is -2.39. The van der Waals surface area contributed by atoms with Crippen LogP contribution in [0.1, 0.15) is 37.1 Å². The molecule has 122 valence electrons. The maximum Gasteiger partial charge on any atom is 0.318 e. The van der Waals surface area contributed by atoms with Gasteiger partial charge in [0.05, 0.1) is 12.1 Å². The van der Waals surface area contributed by atoms with Gasteiger partial charge < -0.3 is 10.2 Å². The monoisotopic (exact) mass is 334 g/mol. The minimum absolute atomic E-state index is 0.105. The topological polar surface area (TPSA) is 32.3 Å². The van der Waals surface area contributed by atoms with Gasteiger partial charge in [-0.15, -0.1) is 0 Å². The number of hydrogen-bond donors (Lipinski definition) is 1. The van der Waals surface area contributed by atoms with E-state index in [0.29, 0.717) is 5.02 Å². The molecule has 2 aromatic carbocycles. The summed E-state index contributed by atoms with van der Waals surface area (Å²) in [6.07, 6.45) is 0. The van der Waals surface area contributed by atoms with E-state index in [4.69, 9.17) is 11.6 Å². The van der Waals surface area contributed by atoms with Crippen LogP contribution < -0.4 is 5.32 Å². The Hall–Kier alpha value is -2.07. The molecule has 0 aliphatic rings. The standard InChI is InChI=1S/C18H20ClFN2O/c1-12(15-5-4-6-17(20)11-15)21-18(23)22(3)13(2)14-7-9-16(19)10-8-14/h4-13H,1-3H3,(H,21,23). The zero-order valence-corrected chi connectivity index (χ0v) is 14.1. The molecule has 2 rings (SSSR count). The molecule has 1 N–H and O–H groups in total. The molecule has 5 heteroatoms. The number of carbonyl (C=O) groups excluding carboxylic acids is 1. The molecule has 0 bridgehead atoms. The molecule has 0 radical (unpaired) electrons. The van der Waals surface area contributed by atoms with Crippen LogP contribution in [0.25, 0.3) is 0 Å². The van der Waals surface area contributed by atoms with Crippen molar-refractivity contribution in [3.8, 4) is 0 Å². The van der Waals surface area contributed by atoms with Crippen LogP contribution in [0, 0.1) is 5.82 Å². The van der Waals surface area contributed by atoms with Gasteiger partial charge in [0.15, 0.2) is 0 Å². The number of carbonyl (C=O) groups is 1. The molecule has 3 nitrogen and oxygen atoms in total. The van der Waals surface area contributed by atoms with Crippen LogP contribution in [0.4, 0.5) is 9.18 Å². The largest absolute Gasteiger partial charge is 0.331 e. The number of urea groups is 1. The molecule has 2 atom stereocenters. The highest BCUT2D eigenvalue weighted by Crippen LogP contribution is 2.21. The third-order valence-corrected chi connectivity index (χ3v) is 4.19. The van der Waals surface area contributed by atoms with E-state index in [-0.39, 0.29) is 23.9 Å². The van der Waals surface area contributed by atoms with E-state index in [1.54, 1.807) is 36.2 Å². The van der Waals surface area contributed by atoms with Crippen molar-refractivity contribution in [2.24, 2.45) is 0 Å². The Morgan fingerprint density at radius 1 is 1.13 bits per heavy atom. The minimum Gasteiger partial charge on any atom is -0.331 e. The molecule has 2 unspecified atom stereocenters. The molecule has 2 aromatic rings. The summed E-state index contributed by atoms with van der Waals surface area (Å²) < 4.78 is 13.3. The van der Waals surface area contributed by atoms with Gasteiger partial charge in [0.1, 0.15) is 5.82 Å². The predicted molar refractivity (Wildman–Crippen MR) is 91.0 cm³/mol. The third kappa shape index (κ3) is 4.45. The average molecular weight is 335 g/mol. The fourth-order valence-electron chi connectivity index (χ4n) is 2.29. The van der Waals surface area contributed by atoms with Crippen LogP contribution >= 0.6 is 11.6 Å². The molecule has 0 heterocycles. The molecule has 0 saturated carbocycles. The second-order valence-electron chi connectivity index (χ2n) is 5.56. The van der Waals surface area contributed by atoms with Crippen molar-refractivity contribution in [3.05, 3.63) is 70.5 Å². The van der Waals surface area contributed by atoms with Crippen LogP contribution in [0.5, 0.6) is 0 Å². The van der Waals surface area contributed by atoms with Gasteiger partial charge in [-0.2, -0.15) is 0 Å². The first-order valence-electron chi connectivity index (χ1n) is 7.42. The fraction of sp³-hybridized carbons (Fsp3) is 0.278. The van der Waals surface area contributed by atoms with Gasteiger partial charge in [-0.1, -0.05) is 35.9 Å². The maximum atomic E-state index is 13.3. The van der Waals surface area contributed by atoms with E-state index >= 15 is 0 Å². The fourth-order valence-corrected chi connectivity index (χ4v) is 2.41. The lowest BCUT2D eigenvalue weighted by Gasteiger charge is -2.27. The number of halogens is 2. The SMILES string of the molecule is CC(NC(=O)N(C)C(C)c1ccc(Cl)cc1)c1cccc(F)c1. The number of nitrogens with one attached hydrogen (secondary N) is 1. The molecular formula is C18H20ClFN2O. The Labute approximate surface area is 141 Å². The highest BCUT2D eigenvalue weighted by Gasteiger charge is 2.19. The summed E-state index contributed by atoms with van der Waals surface area (Å²) >= 11 is 5.88. The van der Waals surface area contributed by atoms with Gasteiger partial charge >= 0.3 is 6.03 Å². The van der Waals surface area contributed by atoms with Crippen LogP contribution in [0.3, 0.4) is 0 Å². The summed E-state index contributed by atoms with van der Waals surface area (Å²) in [5.74, 6) is -0.313. The highest BCUT2D eigenvalue weighted by atomic mass is 35.5. The van der Waals surface area contributed by atoms with Gasteiger partial charge in [-0.25, -0.2) is 9.18 Å². The first-order chi connectivity index (χ1) is 10.9. The van der Waals surface area contributed by atoms with Crippen molar-refractivity contribution in [2.75, 3.05) is 7.05 Å². The van der Waals surface area contributed by atoms with Gasteiger partial charge in [0.25, 0.3) is 0 Å². The Morgan fingerprint density at radius 2 is 1.78 bits per heavy atom. The van der Waals surface area contributed by atoms with Crippen LogP contribution in [-0.2, 0) is 0 Å². The third-order valence-electron chi connectivity index (χ3n) is 3.94. The molecule has 0 saturated heterocycles. The van der Waals surface area contributed by atoms with Crippen LogP contribution in [0.15, 0.2) is 48.5 Å². The Bertz CT molecular complexity index is 675. The zero-order chi connectivity index (χ0) is 17.0. The minimum atomic E-state index is -0.313. The number of hydrogen-bond acceptors (Lipinski definition) is 1. The van der Waals surface area contributed by atoms with E-state index in [2.05, 4.69) is 5.32 Å². The van der Waals surface area contributed by atoms with Crippen molar-refractivity contribution >= 4 is 17.6 Å². The average Bonchev–Trinajstić information content (AvgIpc) is 2.54. The number of nitrogens with zero attached hydrogens (tertiary/aromatic N) is 1. The molecule has 2 amide bonds. The molecule has 0 fully saturated rings. The van der Waals surface area contributed by atoms with E-state index < -0.39 is 0 Å². The maximum absolute atomic E-state index is 13.3. The summed E-state index contributed by atoms with van der Waals surface area (Å²) in [5, 5.41) is 3.54. The van der Waals surface area contributed by atoms with Crippen molar-refractivity contribution in [1.29, 1.82) is 0 Å². The van der Waals surface area contributed by atoms with Crippen molar-refractivity contribution < 1.29 is 9.18 Å². The molecular weight excluding hydrogens is 315 g/mol. The number of amides is 2. The smallest absolute Gasteiger partial charge is 0.318 e. The van der Waals surface area contributed by atoms with E-state index in [0.717, 1.165) is 11.1 Å². The predicted octanol–water partition coefficient (Wildman–Crippen LogP) is 4.94. The van der Waals surface area contributed by atoms with Gasteiger partial charge in [0, 0.05) is 12.1 Å².